The molecule has 3 N–H and O–H groups in total. The Balaban J connectivity index is 1.19. The lowest BCUT2D eigenvalue weighted by molar-refractivity contribution is -0.132. The number of tetrazole rings is 1. The Morgan fingerprint density at radius 1 is 0.900 bits per heavy atom. The number of nitrogens with zero attached hydrogens (tertiary/aromatic N) is 6. The molecule has 3 aromatic carbocycles. The fraction of sp³-hybridized carbons (Fsp3) is 0.389. The van der Waals surface area contributed by atoms with E-state index in [2.05, 4.69) is 31.1 Å². The average molecular weight is 685 g/mol. The molecule has 1 fully saturated rings. The van der Waals surface area contributed by atoms with E-state index in [1.165, 1.54) is 22.9 Å². The number of carbonyl (C=O) groups excluding carboxylic acids is 3. The van der Waals surface area contributed by atoms with Crippen molar-refractivity contribution >= 4 is 17.7 Å². The number of amides is 3. The molecule has 14 heteroatoms. The van der Waals surface area contributed by atoms with Gasteiger partial charge in [0.15, 0.2) is 5.82 Å². The number of morpholine rings is 1. The largest absolute Gasteiger partial charge is 0.507 e. The molecule has 0 radical (unpaired) electrons. The van der Waals surface area contributed by atoms with Crippen LogP contribution in [0.1, 0.15) is 52.6 Å². The van der Waals surface area contributed by atoms with E-state index in [1.54, 1.807) is 23.1 Å². The van der Waals surface area contributed by atoms with Gasteiger partial charge in [0.2, 0.25) is 11.8 Å². The minimum atomic E-state index is -0.685. The number of ether oxygens (including phenoxy) is 1. The first-order chi connectivity index (χ1) is 24.4. The van der Waals surface area contributed by atoms with Crippen LogP contribution in [-0.4, -0.2) is 105 Å². The Bertz CT molecular complexity index is 1800. The summed E-state index contributed by atoms with van der Waals surface area (Å²) in [4.78, 5) is 43.6. The van der Waals surface area contributed by atoms with Gasteiger partial charge in [0.25, 0.3) is 5.91 Å². The van der Waals surface area contributed by atoms with E-state index in [9.17, 15) is 23.9 Å². The molecule has 262 valence electrons. The zero-order valence-electron chi connectivity index (χ0n) is 27.8. The maximum absolute atomic E-state index is 14.8. The lowest BCUT2D eigenvalue weighted by Crippen LogP contribution is -2.41. The van der Waals surface area contributed by atoms with Gasteiger partial charge in [-0.05, 0) is 70.6 Å². The Kier molecular flexibility index (Phi) is 11.4. The number of fused-ring (bicyclic) bond motifs is 5. The van der Waals surface area contributed by atoms with Gasteiger partial charge in [-0.3, -0.25) is 19.3 Å². The first-order valence-corrected chi connectivity index (χ1v) is 16.9. The van der Waals surface area contributed by atoms with Crippen LogP contribution >= 0.6 is 0 Å². The number of carbonyl (C=O) groups is 3. The number of aromatic nitrogens is 4. The van der Waals surface area contributed by atoms with E-state index >= 15 is 0 Å². The molecule has 0 spiro atoms. The van der Waals surface area contributed by atoms with Crippen LogP contribution in [0.5, 0.6) is 5.75 Å². The van der Waals surface area contributed by atoms with E-state index in [0.29, 0.717) is 75.6 Å². The summed E-state index contributed by atoms with van der Waals surface area (Å²) in [5, 5.41) is 28.7. The zero-order valence-corrected chi connectivity index (χ0v) is 27.8. The summed E-state index contributed by atoms with van der Waals surface area (Å²) in [7, 11) is 0. The highest BCUT2D eigenvalue weighted by molar-refractivity contribution is 5.96. The van der Waals surface area contributed by atoms with Crippen molar-refractivity contribution < 1.29 is 28.6 Å². The van der Waals surface area contributed by atoms with Gasteiger partial charge in [0, 0.05) is 51.3 Å². The molecule has 2 aliphatic heterocycles. The maximum Gasteiger partial charge on any atom is 0.254 e. The molecule has 1 saturated heterocycles. The van der Waals surface area contributed by atoms with Crippen LogP contribution in [0.4, 0.5) is 4.39 Å². The summed E-state index contributed by atoms with van der Waals surface area (Å²) < 4.78 is 21.9. The van der Waals surface area contributed by atoms with Gasteiger partial charge in [0.1, 0.15) is 18.1 Å². The number of phenolic OH excluding ortho intramolecular Hbond substituents is 1. The topological polar surface area (TPSA) is 155 Å². The summed E-state index contributed by atoms with van der Waals surface area (Å²) in [6.07, 6.45) is 1.53. The predicted octanol–water partition coefficient (Wildman–Crippen LogP) is 2.71. The first kappa shape index (κ1) is 34.6. The molecule has 4 bridgehead atoms. The number of halogens is 1. The first-order valence-electron chi connectivity index (χ1n) is 16.9. The second-order valence-electron chi connectivity index (χ2n) is 12.4. The molecule has 6 rings (SSSR count). The van der Waals surface area contributed by atoms with Crippen LogP contribution in [-0.2, 0) is 27.3 Å². The normalized spacial score (nSPS) is 17.5. The Hall–Kier alpha value is -5.21. The lowest BCUT2D eigenvalue weighted by atomic mass is 9.98. The fourth-order valence-corrected chi connectivity index (χ4v) is 6.37. The molecule has 3 amide bonds. The molecule has 13 nitrogen and oxygen atoms in total. The van der Waals surface area contributed by atoms with E-state index in [-0.39, 0.29) is 55.2 Å². The maximum atomic E-state index is 14.8. The van der Waals surface area contributed by atoms with Gasteiger partial charge in [-0.2, -0.15) is 0 Å². The standard InChI is InChI=1S/C36H41FN8O5/c37-30-11-10-27-23-29(30)36(49)39-14-5-17-43(16-4-8-32(47)38-15-13-25-9-12-31(46)28(27)22-25)33(48)24-45-35(40-41-42-45)34(26-6-2-1-3-7-26)44-18-20-50-21-19-44/h1-3,6-7,9-12,22-23,34,46H,4-5,8,13-21,24H2,(H,38,47)(H,39,49). The van der Waals surface area contributed by atoms with Gasteiger partial charge in [-0.15, -0.1) is 5.10 Å². The molecule has 4 aromatic rings. The third-order valence-electron chi connectivity index (χ3n) is 9.01. The highest BCUT2D eigenvalue weighted by Gasteiger charge is 2.30. The molecule has 0 aliphatic carbocycles. The molecule has 50 heavy (non-hydrogen) atoms. The summed E-state index contributed by atoms with van der Waals surface area (Å²) in [6.45, 7) is 3.55. The molecular formula is C36H41FN8O5. The van der Waals surface area contributed by atoms with Crippen LogP contribution in [0.3, 0.4) is 0 Å². The number of phenols is 1. The summed E-state index contributed by atoms with van der Waals surface area (Å²) in [5.41, 5.74) is 2.65. The lowest BCUT2D eigenvalue weighted by Gasteiger charge is -2.34. The van der Waals surface area contributed by atoms with Crippen molar-refractivity contribution in [2.45, 2.75) is 38.3 Å². The Morgan fingerprint density at radius 3 is 2.52 bits per heavy atom. The van der Waals surface area contributed by atoms with Crippen molar-refractivity contribution in [2.75, 3.05) is 52.5 Å². The Labute approximate surface area is 289 Å². The molecule has 1 unspecified atom stereocenters. The van der Waals surface area contributed by atoms with Gasteiger partial charge >= 0.3 is 0 Å². The second-order valence-corrected chi connectivity index (χ2v) is 12.4. The van der Waals surface area contributed by atoms with Crippen LogP contribution in [0.2, 0.25) is 0 Å². The molecule has 0 saturated carbocycles. The van der Waals surface area contributed by atoms with Crippen molar-refractivity contribution in [3.63, 3.8) is 0 Å². The summed E-state index contributed by atoms with van der Waals surface area (Å²) in [5.74, 6) is -1.11. The number of rotatable bonds is 5. The van der Waals surface area contributed by atoms with Crippen molar-refractivity contribution in [3.05, 3.63) is 95.1 Å². The molecule has 3 heterocycles. The van der Waals surface area contributed by atoms with Crippen molar-refractivity contribution in [3.8, 4) is 16.9 Å². The summed E-state index contributed by atoms with van der Waals surface area (Å²) in [6, 6.07) is 18.8. The van der Waals surface area contributed by atoms with Crippen molar-refractivity contribution in [1.29, 1.82) is 0 Å². The second kappa shape index (κ2) is 16.5. The molecule has 1 aromatic heterocycles. The van der Waals surface area contributed by atoms with E-state index < -0.39 is 11.7 Å². The van der Waals surface area contributed by atoms with E-state index in [4.69, 9.17) is 4.74 Å². The highest BCUT2D eigenvalue weighted by Crippen LogP contribution is 2.32. The third kappa shape index (κ3) is 8.50. The van der Waals surface area contributed by atoms with Crippen molar-refractivity contribution in [1.82, 2.24) is 40.6 Å². The molecule has 2 aliphatic rings. The third-order valence-corrected chi connectivity index (χ3v) is 9.01. The summed E-state index contributed by atoms with van der Waals surface area (Å²) >= 11 is 0. The number of hydrogen-bond acceptors (Lipinski definition) is 9. The number of nitrogens with one attached hydrogen (secondary N) is 2. The number of hydrogen-bond donors (Lipinski definition) is 3. The average Bonchev–Trinajstić information content (AvgIpc) is 3.58. The van der Waals surface area contributed by atoms with Crippen LogP contribution in [0.25, 0.3) is 11.1 Å². The Morgan fingerprint density at radius 2 is 1.70 bits per heavy atom. The van der Waals surface area contributed by atoms with Gasteiger partial charge in [0.05, 0.1) is 24.8 Å². The van der Waals surface area contributed by atoms with E-state index in [0.717, 1.165) is 11.1 Å². The van der Waals surface area contributed by atoms with Crippen molar-refractivity contribution in [2.24, 2.45) is 0 Å². The van der Waals surface area contributed by atoms with Crippen LogP contribution < -0.4 is 10.6 Å². The quantitative estimate of drug-likeness (QED) is 0.288. The number of benzene rings is 3. The van der Waals surface area contributed by atoms with Gasteiger partial charge < -0.3 is 25.4 Å². The smallest absolute Gasteiger partial charge is 0.254 e. The zero-order chi connectivity index (χ0) is 34.9. The minimum absolute atomic E-state index is 0.00289. The van der Waals surface area contributed by atoms with E-state index in [1.807, 2.05) is 30.3 Å². The molecular weight excluding hydrogens is 643 g/mol. The highest BCUT2D eigenvalue weighted by atomic mass is 19.1. The number of aromatic hydroxyl groups is 1. The van der Waals surface area contributed by atoms with Crippen LogP contribution in [0.15, 0.2) is 66.7 Å². The predicted molar refractivity (Wildman–Crippen MR) is 181 cm³/mol. The minimum Gasteiger partial charge on any atom is -0.507 e. The molecule has 1 atom stereocenters. The van der Waals surface area contributed by atoms with Crippen LogP contribution in [0, 0.1) is 5.82 Å². The van der Waals surface area contributed by atoms with Gasteiger partial charge in [-0.1, -0.05) is 42.5 Å². The SMILES string of the molecule is O=C1CCCN(C(=O)Cn2nnnc2C(c2ccccc2)N2CCOCC2)CCCNC(=O)c2cc(ccc2F)-c2cc(ccc2O)CCN1. The monoisotopic (exact) mass is 684 g/mol. The van der Waals surface area contributed by atoms with Gasteiger partial charge in [-0.25, -0.2) is 9.07 Å². The fourth-order valence-electron chi connectivity index (χ4n) is 6.37.